The Kier molecular flexibility index (Phi) is 4.51. The summed E-state index contributed by atoms with van der Waals surface area (Å²) in [5, 5.41) is 0.411. The first kappa shape index (κ1) is 16.0. The molecule has 0 saturated heterocycles. The number of benzene rings is 1. The Morgan fingerprint density at radius 2 is 1.91 bits per heavy atom. The minimum atomic E-state index is -0.312. The minimum absolute atomic E-state index is 0.147. The first-order valence-electron chi connectivity index (χ1n) is 7.11. The zero-order valence-corrected chi connectivity index (χ0v) is 13.5. The predicted octanol–water partition coefficient (Wildman–Crippen LogP) is 0.847. The number of hydrogen-bond donors (Lipinski definition) is 1. The zero-order valence-electron chi connectivity index (χ0n) is 13.5. The van der Waals surface area contributed by atoms with Gasteiger partial charge < -0.3 is 20.1 Å². The Morgan fingerprint density at radius 1 is 1.23 bits per heavy atom. The average Bonchev–Trinajstić information content (AvgIpc) is 2.45. The van der Waals surface area contributed by atoms with E-state index in [0.717, 1.165) is 12.1 Å². The zero-order chi connectivity index (χ0) is 16.4. The van der Waals surface area contributed by atoms with Crippen molar-refractivity contribution >= 4 is 22.5 Å². The van der Waals surface area contributed by atoms with Crippen LogP contribution in [0.3, 0.4) is 0 Å². The lowest BCUT2D eigenvalue weighted by atomic mass is 10.1. The van der Waals surface area contributed by atoms with Crippen LogP contribution in [0.15, 0.2) is 29.2 Å². The molecule has 0 aliphatic rings. The number of nitrogens with zero attached hydrogens (tertiary/aromatic N) is 3. The van der Waals surface area contributed by atoms with Crippen molar-refractivity contribution in [2.75, 3.05) is 40.5 Å². The van der Waals surface area contributed by atoms with Crippen molar-refractivity contribution in [2.24, 2.45) is 0 Å². The van der Waals surface area contributed by atoms with Crippen molar-refractivity contribution in [3.63, 3.8) is 0 Å². The average molecular weight is 302 g/mol. The summed E-state index contributed by atoms with van der Waals surface area (Å²) in [6, 6.07) is 5.35. The molecular weight excluding hydrogens is 280 g/mol. The lowest BCUT2D eigenvalue weighted by Crippen LogP contribution is -2.30. The molecule has 118 valence electrons. The van der Waals surface area contributed by atoms with E-state index in [1.165, 1.54) is 4.90 Å². The lowest BCUT2D eigenvalue weighted by molar-refractivity contribution is 0.0825. The van der Waals surface area contributed by atoms with Gasteiger partial charge in [-0.05, 0) is 26.2 Å². The van der Waals surface area contributed by atoms with Crippen molar-refractivity contribution in [3.8, 4) is 0 Å². The van der Waals surface area contributed by atoms with Crippen LogP contribution < -0.4 is 11.2 Å². The van der Waals surface area contributed by atoms with Crippen LogP contribution >= 0.6 is 0 Å². The minimum Gasteiger partial charge on any atom is -0.398 e. The molecule has 0 aliphatic carbocycles. The fraction of sp³-hybridized carbons (Fsp3) is 0.375. The first-order valence-corrected chi connectivity index (χ1v) is 7.11. The maximum Gasteiger partial charge on any atom is 0.258 e. The van der Waals surface area contributed by atoms with E-state index >= 15 is 0 Å². The number of carbonyl (C=O) groups is 1. The highest BCUT2D eigenvalue weighted by Crippen LogP contribution is 2.18. The van der Waals surface area contributed by atoms with Gasteiger partial charge in [0.2, 0.25) is 5.43 Å². The second-order valence-electron chi connectivity index (χ2n) is 5.81. The van der Waals surface area contributed by atoms with E-state index < -0.39 is 0 Å². The molecule has 0 spiro atoms. The van der Waals surface area contributed by atoms with Gasteiger partial charge in [-0.1, -0.05) is 6.07 Å². The van der Waals surface area contributed by atoms with Gasteiger partial charge in [-0.25, -0.2) is 0 Å². The molecular formula is C16H22N4O2. The van der Waals surface area contributed by atoms with Gasteiger partial charge in [0.1, 0.15) is 5.56 Å². The topological polar surface area (TPSA) is 71.6 Å². The summed E-state index contributed by atoms with van der Waals surface area (Å²) in [6.45, 7) is 1.46. The monoisotopic (exact) mass is 302 g/mol. The van der Waals surface area contributed by atoms with E-state index in [1.807, 2.05) is 35.7 Å². The number of amides is 1. The molecule has 2 N–H and O–H groups in total. The third-order valence-electron chi connectivity index (χ3n) is 3.57. The molecule has 0 fully saturated rings. The Morgan fingerprint density at radius 3 is 2.50 bits per heavy atom. The van der Waals surface area contributed by atoms with Crippen LogP contribution in [0.5, 0.6) is 0 Å². The first-order chi connectivity index (χ1) is 10.3. The normalized spacial score (nSPS) is 11.1. The quantitative estimate of drug-likeness (QED) is 0.850. The van der Waals surface area contributed by atoms with Crippen molar-refractivity contribution in [2.45, 2.75) is 6.54 Å². The number of carbonyl (C=O) groups excluding carboxylic acids is 1. The van der Waals surface area contributed by atoms with Gasteiger partial charge in [-0.15, -0.1) is 0 Å². The highest BCUT2D eigenvalue weighted by molar-refractivity contribution is 5.99. The van der Waals surface area contributed by atoms with Gasteiger partial charge in [-0.3, -0.25) is 9.59 Å². The number of aromatic nitrogens is 1. The molecule has 1 aromatic heterocycles. The fourth-order valence-corrected chi connectivity index (χ4v) is 2.35. The highest BCUT2D eigenvalue weighted by Gasteiger charge is 2.18. The fourth-order valence-electron chi connectivity index (χ4n) is 2.35. The SMILES string of the molecule is CN(C)CCn1cc(C(=O)N(C)C)c(=O)c2c(N)cccc21. The number of nitrogen functional groups attached to an aromatic ring is 1. The van der Waals surface area contributed by atoms with E-state index in [0.29, 0.717) is 17.6 Å². The van der Waals surface area contributed by atoms with Crippen LogP contribution in [0.1, 0.15) is 10.4 Å². The number of anilines is 1. The standard InChI is InChI=1S/C16H22N4O2/c1-18(2)8-9-20-10-11(16(22)19(3)4)15(21)14-12(17)6-5-7-13(14)20/h5-7,10H,8-9,17H2,1-4H3. The Labute approximate surface area is 129 Å². The number of nitrogens with two attached hydrogens (primary N) is 1. The largest absolute Gasteiger partial charge is 0.398 e. The molecule has 1 amide bonds. The number of rotatable bonds is 4. The molecule has 0 bridgehead atoms. The summed E-state index contributed by atoms with van der Waals surface area (Å²) in [6.07, 6.45) is 1.63. The number of fused-ring (bicyclic) bond motifs is 1. The summed E-state index contributed by atoms with van der Waals surface area (Å²) < 4.78 is 1.92. The van der Waals surface area contributed by atoms with Crippen molar-refractivity contribution in [3.05, 3.63) is 40.2 Å². The predicted molar refractivity (Wildman–Crippen MR) is 89.2 cm³/mol. The molecule has 2 aromatic rings. The molecule has 0 atom stereocenters. The second kappa shape index (κ2) is 6.19. The van der Waals surface area contributed by atoms with Crippen LogP contribution in [0.4, 0.5) is 5.69 Å². The van der Waals surface area contributed by atoms with Crippen molar-refractivity contribution < 1.29 is 4.79 Å². The molecule has 2 rings (SSSR count). The van der Waals surface area contributed by atoms with Crippen LogP contribution in [0, 0.1) is 0 Å². The van der Waals surface area contributed by atoms with Gasteiger partial charge in [0.05, 0.1) is 10.9 Å². The van der Waals surface area contributed by atoms with E-state index in [1.54, 1.807) is 26.4 Å². The molecule has 0 aliphatic heterocycles. The van der Waals surface area contributed by atoms with E-state index in [9.17, 15) is 9.59 Å². The van der Waals surface area contributed by atoms with Crippen molar-refractivity contribution in [1.29, 1.82) is 0 Å². The maximum absolute atomic E-state index is 12.6. The molecule has 1 heterocycles. The third-order valence-corrected chi connectivity index (χ3v) is 3.57. The molecule has 0 saturated carbocycles. The van der Waals surface area contributed by atoms with Gasteiger partial charge in [0.25, 0.3) is 5.91 Å². The van der Waals surface area contributed by atoms with Gasteiger partial charge in [-0.2, -0.15) is 0 Å². The van der Waals surface area contributed by atoms with Crippen LogP contribution in [-0.4, -0.2) is 55.0 Å². The lowest BCUT2D eigenvalue weighted by Gasteiger charge is -2.18. The molecule has 6 nitrogen and oxygen atoms in total. The molecule has 6 heteroatoms. The summed E-state index contributed by atoms with van der Waals surface area (Å²) >= 11 is 0. The maximum atomic E-state index is 12.6. The molecule has 0 radical (unpaired) electrons. The number of likely N-dealkylation sites (N-methyl/N-ethyl adjacent to an activating group) is 1. The Bertz CT molecular complexity index is 763. The van der Waals surface area contributed by atoms with E-state index in [-0.39, 0.29) is 16.9 Å². The van der Waals surface area contributed by atoms with Gasteiger partial charge >= 0.3 is 0 Å². The molecule has 0 unspecified atom stereocenters. The van der Waals surface area contributed by atoms with Crippen LogP contribution in [0.25, 0.3) is 10.9 Å². The highest BCUT2D eigenvalue weighted by atomic mass is 16.2. The number of hydrogen-bond acceptors (Lipinski definition) is 4. The summed E-state index contributed by atoms with van der Waals surface area (Å²) in [5.74, 6) is -0.311. The third kappa shape index (κ3) is 2.96. The summed E-state index contributed by atoms with van der Waals surface area (Å²) in [4.78, 5) is 28.4. The van der Waals surface area contributed by atoms with E-state index in [2.05, 4.69) is 0 Å². The van der Waals surface area contributed by atoms with Gasteiger partial charge in [0, 0.05) is 39.1 Å². The van der Waals surface area contributed by atoms with Crippen molar-refractivity contribution in [1.82, 2.24) is 14.4 Å². The van der Waals surface area contributed by atoms with Crippen LogP contribution in [0.2, 0.25) is 0 Å². The second-order valence-corrected chi connectivity index (χ2v) is 5.81. The Balaban J connectivity index is 2.72. The molecule has 22 heavy (non-hydrogen) atoms. The van der Waals surface area contributed by atoms with Crippen LogP contribution in [-0.2, 0) is 6.54 Å². The molecule has 1 aromatic carbocycles. The Hall–Kier alpha value is -2.34. The summed E-state index contributed by atoms with van der Waals surface area (Å²) in [7, 11) is 7.21. The number of pyridine rings is 1. The van der Waals surface area contributed by atoms with Gasteiger partial charge in [0.15, 0.2) is 0 Å². The smallest absolute Gasteiger partial charge is 0.258 e. The van der Waals surface area contributed by atoms with E-state index in [4.69, 9.17) is 5.73 Å². The summed E-state index contributed by atoms with van der Waals surface area (Å²) in [5.41, 5.74) is 6.96.